The molecule has 6 aromatic carbocycles. The number of nitrogens with zero attached hydrogens (tertiary/aromatic N) is 3. The maximum atomic E-state index is 6.25. The predicted molar refractivity (Wildman–Crippen MR) is 367 cm³/mol. The number of unbranched alkanes of at least 4 members (excludes halogenated alkanes) is 15. The van der Waals surface area contributed by atoms with Gasteiger partial charge in [-0.3, -0.25) is 0 Å². The van der Waals surface area contributed by atoms with Crippen molar-refractivity contribution in [3.63, 3.8) is 0 Å². The van der Waals surface area contributed by atoms with E-state index in [1.54, 1.807) is 0 Å². The van der Waals surface area contributed by atoms with Gasteiger partial charge in [-0.25, -0.2) is 0 Å². The van der Waals surface area contributed by atoms with Gasteiger partial charge in [0.05, 0.1) is 16.7 Å². The van der Waals surface area contributed by atoms with E-state index in [-0.39, 0.29) is 20.1 Å². The van der Waals surface area contributed by atoms with Crippen molar-refractivity contribution in [2.75, 3.05) is 0 Å². The van der Waals surface area contributed by atoms with E-state index in [4.69, 9.17) is 28.2 Å². The second-order valence-corrected chi connectivity index (χ2v) is 23.7. The number of hydrogen-bond acceptors (Lipinski definition) is 6. The van der Waals surface area contributed by atoms with Gasteiger partial charge in [0.2, 0.25) is 0 Å². The standard InChI is InChI=1S/3C27H30NO.Ir/c3*1-3-5-6-7-8-9-12-20-15-18-24(28-19-20)22-17-16-21(4-2)26-23-13-10-11-14-25(23)29-27(22)26;/h3*10-11,13-16,18-19H,3-9,12H2,1-2H3;/q3*-1;+3. The molecule has 0 fully saturated rings. The Labute approximate surface area is 537 Å². The van der Waals surface area contributed by atoms with E-state index in [0.717, 1.165) is 106 Å². The summed E-state index contributed by atoms with van der Waals surface area (Å²) in [6.45, 7) is 13.3. The molecule has 6 aromatic heterocycles. The van der Waals surface area contributed by atoms with Crippen LogP contribution in [0.25, 0.3) is 99.6 Å². The summed E-state index contributed by atoms with van der Waals surface area (Å²) in [5, 5.41) is 7.14. The molecule has 0 N–H and O–H groups in total. The monoisotopic (exact) mass is 1350 g/mol. The van der Waals surface area contributed by atoms with Gasteiger partial charge in [-0.2, -0.15) is 0 Å². The van der Waals surface area contributed by atoms with E-state index in [1.807, 2.05) is 55.0 Å². The molecule has 0 bridgehead atoms. The van der Waals surface area contributed by atoms with E-state index >= 15 is 0 Å². The molecule has 0 saturated carbocycles. The Morgan fingerprint density at radius 3 is 0.852 bits per heavy atom. The molecule has 0 spiro atoms. The van der Waals surface area contributed by atoms with Gasteiger partial charge in [-0.1, -0.05) is 281 Å². The Balaban J connectivity index is 0.000000156. The first-order valence-electron chi connectivity index (χ1n) is 33.3. The molecule has 0 amide bonds. The number of para-hydroxylation sites is 3. The van der Waals surface area contributed by atoms with Crippen molar-refractivity contribution in [2.24, 2.45) is 0 Å². The molecule has 0 aliphatic heterocycles. The Morgan fingerprint density at radius 2 is 0.591 bits per heavy atom. The van der Waals surface area contributed by atoms with Gasteiger partial charge in [-0.15, -0.1) is 53.1 Å². The van der Waals surface area contributed by atoms with Crippen LogP contribution in [0.15, 0.2) is 159 Å². The number of furan rings is 3. The molecule has 456 valence electrons. The van der Waals surface area contributed by atoms with Crippen molar-refractivity contribution in [1.29, 1.82) is 0 Å². The molecule has 0 unspecified atom stereocenters. The van der Waals surface area contributed by atoms with Crippen molar-refractivity contribution >= 4 is 65.8 Å². The summed E-state index contributed by atoms with van der Waals surface area (Å²) in [5.41, 5.74) is 18.9. The molecule has 0 aliphatic carbocycles. The van der Waals surface area contributed by atoms with Crippen molar-refractivity contribution in [2.45, 2.75) is 196 Å². The zero-order valence-electron chi connectivity index (χ0n) is 53.2. The summed E-state index contributed by atoms with van der Waals surface area (Å²) >= 11 is 0. The summed E-state index contributed by atoms with van der Waals surface area (Å²) < 4.78 is 18.8. The number of fused-ring (bicyclic) bond motifs is 9. The molecule has 6 nitrogen and oxygen atoms in total. The zero-order chi connectivity index (χ0) is 60.2. The summed E-state index contributed by atoms with van der Waals surface area (Å²) in [6.07, 6.45) is 36.1. The second kappa shape index (κ2) is 33.4. The smallest absolute Gasteiger partial charge is 0.501 e. The van der Waals surface area contributed by atoms with Gasteiger partial charge in [0.25, 0.3) is 0 Å². The normalized spacial score (nSPS) is 11.4. The minimum Gasteiger partial charge on any atom is -0.501 e. The minimum atomic E-state index is 0. The number of rotatable bonds is 27. The first-order chi connectivity index (χ1) is 42.9. The van der Waals surface area contributed by atoms with E-state index in [9.17, 15) is 0 Å². The van der Waals surface area contributed by atoms with Crippen LogP contribution in [-0.4, -0.2) is 15.0 Å². The molecule has 88 heavy (non-hydrogen) atoms. The Hall–Kier alpha value is -7.18. The fourth-order valence-corrected chi connectivity index (χ4v) is 12.4. The molecule has 7 heteroatoms. The Morgan fingerprint density at radius 1 is 0.318 bits per heavy atom. The van der Waals surface area contributed by atoms with Gasteiger partial charge < -0.3 is 28.2 Å². The molecular weight excluding hydrogens is 1260 g/mol. The predicted octanol–water partition coefficient (Wildman–Crippen LogP) is 23.7. The van der Waals surface area contributed by atoms with Crippen LogP contribution in [0.1, 0.15) is 190 Å². The summed E-state index contributed by atoms with van der Waals surface area (Å²) in [4.78, 5) is 14.3. The maximum absolute atomic E-state index is 6.25. The molecule has 0 radical (unpaired) electrons. The quantitative estimate of drug-likeness (QED) is 0.0377. The first kappa shape index (κ1) is 65.3. The van der Waals surface area contributed by atoms with E-state index in [1.165, 1.54) is 181 Å². The molecule has 12 rings (SSSR count). The molecule has 12 aromatic rings. The van der Waals surface area contributed by atoms with Crippen LogP contribution in [0.5, 0.6) is 0 Å². The van der Waals surface area contributed by atoms with Crippen molar-refractivity contribution in [1.82, 2.24) is 15.0 Å². The van der Waals surface area contributed by atoms with Crippen LogP contribution < -0.4 is 0 Å². The van der Waals surface area contributed by atoms with Gasteiger partial charge in [0.1, 0.15) is 16.7 Å². The fourth-order valence-electron chi connectivity index (χ4n) is 12.4. The third kappa shape index (κ3) is 16.0. The molecule has 0 saturated heterocycles. The van der Waals surface area contributed by atoms with Crippen molar-refractivity contribution in [3.05, 3.63) is 198 Å². The third-order valence-electron chi connectivity index (χ3n) is 17.4. The topological polar surface area (TPSA) is 78.1 Å². The van der Waals surface area contributed by atoms with Gasteiger partial charge in [0, 0.05) is 34.7 Å². The average Bonchev–Trinajstić information content (AvgIpc) is 2.07. The fraction of sp³-hybridized carbons (Fsp3) is 0.370. The SMILES string of the molecule is CCCCCCCCc1ccc(-c2[c-]cc(CC)c3c2oc2ccccc23)nc1.CCCCCCCCc1ccc(-c2[c-]cc(CC)c3c2oc2ccccc23)nc1.CCCCCCCCc1ccc(-c2[c-]cc(CC)c3c2oc2ccccc23)nc1.[Ir+3]. The van der Waals surface area contributed by atoms with E-state index < -0.39 is 0 Å². The summed E-state index contributed by atoms with van der Waals surface area (Å²) in [7, 11) is 0. The maximum Gasteiger partial charge on any atom is 3.00 e. The van der Waals surface area contributed by atoms with Crippen LogP contribution in [0.4, 0.5) is 0 Å². The van der Waals surface area contributed by atoms with Crippen molar-refractivity contribution in [3.8, 4) is 33.8 Å². The van der Waals surface area contributed by atoms with Crippen LogP contribution in [0.3, 0.4) is 0 Å². The van der Waals surface area contributed by atoms with Gasteiger partial charge in [0.15, 0.2) is 0 Å². The van der Waals surface area contributed by atoms with Crippen LogP contribution in [0, 0.1) is 18.2 Å². The summed E-state index contributed by atoms with van der Waals surface area (Å²) in [5.74, 6) is 0. The third-order valence-corrected chi connectivity index (χ3v) is 17.4. The Bertz CT molecular complexity index is 3650. The molecule has 0 atom stereocenters. The van der Waals surface area contributed by atoms with E-state index in [0.29, 0.717) is 0 Å². The molecule has 0 aliphatic rings. The van der Waals surface area contributed by atoms with Crippen molar-refractivity contribution < 1.29 is 33.4 Å². The summed E-state index contributed by atoms with van der Waals surface area (Å²) in [6, 6.07) is 54.5. The minimum absolute atomic E-state index is 0. The van der Waals surface area contributed by atoms with E-state index in [2.05, 4.69) is 151 Å². The Kier molecular flexibility index (Phi) is 24.8. The number of hydrogen-bond donors (Lipinski definition) is 0. The average molecular weight is 1350 g/mol. The molecular formula is C81H90IrN3O3. The number of aromatic nitrogens is 3. The van der Waals surface area contributed by atoms with Crippen LogP contribution in [-0.2, 0) is 58.6 Å². The van der Waals surface area contributed by atoms with Gasteiger partial charge >= 0.3 is 20.1 Å². The number of aryl methyl sites for hydroxylation is 6. The number of benzene rings is 6. The molecule has 6 heterocycles. The van der Waals surface area contributed by atoms with Gasteiger partial charge in [-0.05, 0) is 90.5 Å². The zero-order valence-corrected chi connectivity index (χ0v) is 55.6. The largest absolute Gasteiger partial charge is 3.00 e. The van der Waals surface area contributed by atoms with Crippen LogP contribution in [0.2, 0.25) is 0 Å². The first-order valence-corrected chi connectivity index (χ1v) is 33.3. The second-order valence-electron chi connectivity index (χ2n) is 23.7. The number of pyridine rings is 3. The van der Waals surface area contributed by atoms with Crippen LogP contribution >= 0.6 is 0 Å².